The summed E-state index contributed by atoms with van der Waals surface area (Å²) in [6.45, 7) is 8.38. The number of carbonyl (C=O) groups excluding carboxylic acids is 2. The second-order valence-corrected chi connectivity index (χ2v) is 6.98. The van der Waals surface area contributed by atoms with E-state index >= 15 is 0 Å². The first kappa shape index (κ1) is 21.2. The van der Waals surface area contributed by atoms with Crippen molar-refractivity contribution in [2.45, 2.75) is 65.1 Å². The lowest BCUT2D eigenvalue weighted by molar-refractivity contribution is -0.137. The van der Waals surface area contributed by atoms with Gasteiger partial charge in [0.05, 0.1) is 6.04 Å². The lowest BCUT2D eigenvalue weighted by atomic mass is 9.99. The standard InChI is InChI=1S/C18H31N3O4/c1-12(2)21-10-7-6-8-15(21)16(22)19-14(4)17(23)20(5)11-9-13(3)18(24)25/h9,12,14-15H,6-8,10-11H2,1-5H3,(H,19,22)(H,24,25)/b13-9+. The third-order valence-electron chi connectivity index (χ3n) is 4.62. The molecule has 0 aromatic rings. The van der Waals surface area contributed by atoms with Crippen LogP contribution in [0.15, 0.2) is 11.6 Å². The topological polar surface area (TPSA) is 90.0 Å². The van der Waals surface area contributed by atoms with Crippen molar-refractivity contribution < 1.29 is 19.5 Å². The summed E-state index contributed by atoms with van der Waals surface area (Å²) in [5, 5.41) is 11.7. The summed E-state index contributed by atoms with van der Waals surface area (Å²) in [4.78, 5) is 39.4. The van der Waals surface area contributed by atoms with E-state index in [0.717, 1.165) is 25.8 Å². The van der Waals surface area contributed by atoms with E-state index < -0.39 is 12.0 Å². The van der Waals surface area contributed by atoms with E-state index in [9.17, 15) is 14.4 Å². The van der Waals surface area contributed by atoms with Crippen molar-refractivity contribution >= 4 is 17.8 Å². The molecule has 0 aliphatic carbocycles. The average Bonchev–Trinajstić information content (AvgIpc) is 2.58. The number of hydrogen-bond donors (Lipinski definition) is 2. The van der Waals surface area contributed by atoms with Gasteiger partial charge < -0.3 is 15.3 Å². The van der Waals surface area contributed by atoms with Crippen LogP contribution in [0.5, 0.6) is 0 Å². The summed E-state index contributed by atoms with van der Waals surface area (Å²) in [6, 6.07) is -0.552. The lowest BCUT2D eigenvalue weighted by Gasteiger charge is -2.38. The van der Waals surface area contributed by atoms with Gasteiger partial charge in [-0.05, 0) is 47.1 Å². The average molecular weight is 353 g/mol. The zero-order valence-corrected chi connectivity index (χ0v) is 15.9. The molecule has 2 atom stereocenters. The number of nitrogens with zero attached hydrogens (tertiary/aromatic N) is 2. The molecule has 0 radical (unpaired) electrons. The number of hydrogen-bond acceptors (Lipinski definition) is 4. The van der Waals surface area contributed by atoms with E-state index in [-0.39, 0.29) is 36.0 Å². The molecule has 2 amide bonds. The van der Waals surface area contributed by atoms with Gasteiger partial charge in [0.1, 0.15) is 6.04 Å². The monoisotopic (exact) mass is 353 g/mol. The molecule has 1 aliphatic rings. The quantitative estimate of drug-likeness (QED) is 0.672. The Bertz CT molecular complexity index is 530. The van der Waals surface area contributed by atoms with Gasteiger partial charge in [0.2, 0.25) is 11.8 Å². The molecule has 0 aromatic carbocycles. The molecule has 1 rings (SSSR count). The van der Waals surface area contributed by atoms with Crippen LogP contribution in [-0.2, 0) is 14.4 Å². The van der Waals surface area contributed by atoms with Gasteiger partial charge in [0.25, 0.3) is 0 Å². The Morgan fingerprint density at radius 2 is 1.92 bits per heavy atom. The van der Waals surface area contributed by atoms with E-state index in [4.69, 9.17) is 5.11 Å². The Kier molecular flexibility index (Phi) is 8.09. The van der Waals surface area contributed by atoms with Crippen molar-refractivity contribution in [3.05, 3.63) is 11.6 Å². The molecule has 7 nitrogen and oxygen atoms in total. The van der Waals surface area contributed by atoms with Crippen LogP contribution >= 0.6 is 0 Å². The summed E-state index contributed by atoms with van der Waals surface area (Å²) in [5.41, 5.74) is 0.186. The van der Waals surface area contributed by atoms with E-state index in [1.807, 2.05) is 0 Å². The molecule has 7 heteroatoms. The van der Waals surface area contributed by atoms with Crippen molar-refractivity contribution in [2.24, 2.45) is 0 Å². The highest BCUT2D eigenvalue weighted by Crippen LogP contribution is 2.19. The molecule has 1 saturated heterocycles. The maximum Gasteiger partial charge on any atom is 0.331 e. The molecule has 1 heterocycles. The van der Waals surface area contributed by atoms with Crippen LogP contribution in [0.2, 0.25) is 0 Å². The van der Waals surface area contributed by atoms with Crippen molar-refractivity contribution in [1.82, 2.24) is 15.1 Å². The minimum absolute atomic E-state index is 0.111. The van der Waals surface area contributed by atoms with E-state index in [1.54, 1.807) is 14.0 Å². The molecule has 0 aromatic heterocycles. The number of amides is 2. The minimum atomic E-state index is -1.01. The number of carbonyl (C=O) groups is 3. The number of likely N-dealkylation sites (tertiary alicyclic amines) is 1. The molecule has 0 spiro atoms. The Hall–Kier alpha value is -1.89. The fourth-order valence-electron chi connectivity index (χ4n) is 3.01. The van der Waals surface area contributed by atoms with Crippen LogP contribution in [0.4, 0.5) is 0 Å². The van der Waals surface area contributed by atoms with Crippen molar-refractivity contribution in [3.63, 3.8) is 0 Å². The van der Waals surface area contributed by atoms with Gasteiger partial charge in [-0.15, -0.1) is 0 Å². The van der Waals surface area contributed by atoms with Gasteiger partial charge in [-0.25, -0.2) is 4.79 Å². The highest BCUT2D eigenvalue weighted by Gasteiger charge is 2.32. The van der Waals surface area contributed by atoms with Gasteiger partial charge in [-0.3, -0.25) is 14.5 Å². The fraction of sp³-hybridized carbons (Fsp3) is 0.722. The summed E-state index contributed by atoms with van der Waals surface area (Å²) in [7, 11) is 1.59. The smallest absolute Gasteiger partial charge is 0.331 e. The van der Waals surface area contributed by atoms with Gasteiger partial charge in [-0.2, -0.15) is 0 Å². The molecule has 2 unspecified atom stereocenters. The maximum absolute atomic E-state index is 12.6. The van der Waals surface area contributed by atoms with Crippen LogP contribution in [0.1, 0.15) is 47.0 Å². The summed E-state index contributed by atoms with van der Waals surface area (Å²) >= 11 is 0. The first-order chi connectivity index (χ1) is 11.6. The molecule has 142 valence electrons. The second-order valence-electron chi connectivity index (χ2n) is 6.98. The second kappa shape index (κ2) is 9.56. The van der Waals surface area contributed by atoms with E-state index in [0.29, 0.717) is 0 Å². The Morgan fingerprint density at radius 1 is 1.28 bits per heavy atom. The minimum Gasteiger partial charge on any atom is -0.478 e. The van der Waals surface area contributed by atoms with Crippen molar-refractivity contribution in [2.75, 3.05) is 20.1 Å². The number of piperidine rings is 1. The number of carboxylic acids is 1. The summed E-state index contributed by atoms with van der Waals surface area (Å²) in [6.07, 6.45) is 4.40. The normalized spacial score (nSPS) is 20.2. The highest BCUT2D eigenvalue weighted by atomic mass is 16.4. The largest absolute Gasteiger partial charge is 0.478 e. The molecule has 0 bridgehead atoms. The molecule has 2 N–H and O–H groups in total. The van der Waals surface area contributed by atoms with E-state index in [2.05, 4.69) is 24.1 Å². The van der Waals surface area contributed by atoms with E-state index in [1.165, 1.54) is 17.9 Å². The summed E-state index contributed by atoms with van der Waals surface area (Å²) < 4.78 is 0. The molecule has 1 fully saturated rings. The third-order valence-corrected chi connectivity index (χ3v) is 4.62. The Balaban J connectivity index is 2.62. The van der Waals surface area contributed by atoms with Crippen molar-refractivity contribution in [3.8, 4) is 0 Å². The molecule has 1 aliphatic heterocycles. The molecule has 0 saturated carbocycles. The van der Waals surface area contributed by atoms with Crippen LogP contribution in [0.3, 0.4) is 0 Å². The molecule has 25 heavy (non-hydrogen) atoms. The molecular weight excluding hydrogens is 322 g/mol. The zero-order chi connectivity index (χ0) is 19.1. The van der Waals surface area contributed by atoms with Gasteiger partial charge in [0, 0.05) is 25.2 Å². The SMILES string of the molecule is C/C(=C\CN(C)C(=O)C(C)NC(=O)C1CCCCN1C(C)C)C(=O)O. The van der Waals surface area contributed by atoms with Crippen LogP contribution < -0.4 is 5.32 Å². The van der Waals surface area contributed by atoms with Gasteiger partial charge in [-0.1, -0.05) is 12.5 Å². The Labute approximate surface area is 150 Å². The Morgan fingerprint density at radius 3 is 2.48 bits per heavy atom. The summed E-state index contributed by atoms with van der Waals surface area (Å²) in [5.74, 6) is -1.36. The zero-order valence-electron chi connectivity index (χ0n) is 15.9. The number of likely N-dealkylation sites (N-methyl/N-ethyl adjacent to an activating group) is 1. The first-order valence-corrected chi connectivity index (χ1v) is 8.86. The number of nitrogens with one attached hydrogen (secondary N) is 1. The first-order valence-electron chi connectivity index (χ1n) is 8.86. The molecular formula is C18H31N3O4. The number of carboxylic acid groups (broad SMARTS) is 1. The number of aliphatic carboxylic acids is 1. The van der Waals surface area contributed by atoms with Gasteiger partial charge in [0.15, 0.2) is 0 Å². The van der Waals surface area contributed by atoms with Crippen molar-refractivity contribution in [1.29, 1.82) is 0 Å². The predicted octanol–water partition coefficient (Wildman–Crippen LogP) is 1.24. The maximum atomic E-state index is 12.6. The van der Waals surface area contributed by atoms with Crippen LogP contribution in [-0.4, -0.2) is 71.0 Å². The van der Waals surface area contributed by atoms with Crippen LogP contribution in [0.25, 0.3) is 0 Å². The van der Waals surface area contributed by atoms with Crippen LogP contribution in [0, 0.1) is 0 Å². The highest BCUT2D eigenvalue weighted by molar-refractivity contribution is 5.90. The fourth-order valence-corrected chi connectivity index (χ4v) is 3.01. The lowest BCUT2D eigenvalue weighted by Crippen LogP contribution is -2.55. The van der Waals surface area contributed by atoms with Gasteiger partial charge >= 0.3 is 5.97 Å². The predicted molar refractivity (Wildman–Crippen MR) is 96.1 cm³/mol. The third kappa shape index (κ3) is 6.16. The number of rotatable bonds is 7.